The topological polar surface area (TPSA) is 37.3 Å². The van der Waals surface area contributed by atoms with Gasteiger partial charge in [-0.3, -0.25) is 0 Å². The quantitative estimate of drug-likeness (QED) is 0.727. The third-order valence-corrected chi connectivity index (χ3v) is 4.26. The summed E-state index contributed by atoms with van der Waals surface area (Å²) in [6.45, 7) is 0. The number of carboxylic acids is 1. The first kappa shape index (κ1) is 12.2. The van der Waals surface area contributed by atoms with E-state index in [1.165, 1.54) is 0 Å². The van der Waals surface area contributed by atoms with Crippen LogP contribution in [0.3, 0.4) is 0 Å². The van der Waals surface area contributed by atoms with Crippen molar-refractivity contribution in [2.75, 3.05) is 0 Å². The van der Waals surface area contributed by atoms with Crippen LogP contribution in [0.25, 0.3) is 21.2 Å². The fraction of sp³-hybridized carbons (Fsp3) is 0. The van der Waals surface area contributed by atoms with Crippen LogP contribution < -0.4 is 0 Å². The Morgan fingerprint density at radius 2 is 1.89 bits per heavy atom. The van der Waals surface area contributed by atoms with Gasteiger partial charge >= 0.3 is 5.97 Å². The molecule has 4 heteroatoms. The van der Waals surface area contributed by atoms with E-state index in [-0.39, 0.29) is 5.56 Å². The lowest BCUT2D eigenvalue weighted by Gasteiger charge is -2.07. The standard InChI is InChI=1S/C15H9ClO2S/c16-13-4-2-1-3-11(13)12-8-10(15(17)18)7-9-5-6-19-14(9)12/h1-8H,(H,17,18). The summed E-state index contributed by atoms with van der Waals surface area (Å²) in [5.41, 5.74) is 2.01. The highest BCUT2D eigenvalue weighted by Gasteiger charge is 2.13. The zero-order valence-electron chi connectivity index (χ0n) is 9.76. The van der Waals surface area contributed by atoms with E-state index in [0.29, 0.717) is 5.02 Å². The van der Waals surface area contributed by atoms with E-state index < -0.39 is 5.97 Å². The van der Waals surface area contributed by atoms with Crippen molar-refractivity contribution in [1.82, 2.24) is 0 Å². The minimum absolute atomic E-state index is 0.279. The zero-order chi connectivity index (χ0) is 13.4. The Kier molecular flexibility index (Phi) is 3.01. The van der Waals surface area contributed by atoms with Crippen LogP contribution in [0.2, 0.25) is 5.02 Å². The molecule has 0 radical (unpaired) electrons. The van der Waals surface area contributed by atoms with E-state index in [2.05, 4.69) is 0 Å². The van der Waals surface area contributed by atoms with Gasteiger partial charge in [-0.2, -0.15) is 0 Å². The monoisotopic (exact) mass is 288 g/mol. The molecule has 0 aliphatic rings. The van der Waals surface area contributed by atoms with Gasteiger partial charge in [-0.25, -0.2) is 4.79 Å². The van der Waals surface area contributed by atoms with Crippen LogP contribution >= 0.6 is 22.9 Å². The van der Waals surface area contributed by atoms with Crippen LogP contribution in [-0.2, 0) is 0 Å². The highest BCUT2D eigenvalue weighted by Crippen LogP contribution is 2.37. The molecule has 0 spiro atoms. The van der Waals surface area contributed by atoms with E-state index in [1.807, 2.05) is 35.7 Å². The Morgan fingerprint density at radius 3 is 2.63 bits per heavy atom. The molecule has 0 amide bonds. The summed E-state index contributed by atoms with van der Waals surface area (Å²) in [4.78, 5) is 11.2. The summed E-state index contributed by atoms with van der Waals surface area (Å²) < 4.78 is 1.05. The third kappa shape index (κ3) is 2.11. The normalized spacial score (nSPS) is 10.8. The molecule has 0 unspecified atom stereocenters. The number of aromatic carboxylic acids is 1. The Balaban J connectivity index is 2.36. The van der Waals surface area contributed by atoms with Crippen molar-refractivity contribution in [3.05, 3.63) is 58.4 Å². The molecule has 0 aliphatic heterocycles. The molecule has 3 rings (SSSR count). The number of rotatable bonds is 2. The maximum absolute atomic E-state index is 11.2. The van der Waals surface area contributed by atoms with Crippen LogP contribution in [0.4, 0.5) is 0 Å². The molecule has 0 saturated carbocycles. The van der Waals surface area contributed by atoms with E-state index in [4.69, 9.17) is 11.6 Å². The van der Waals surface area contributed by atoms with Gasteiger partial charge in [0.25, 0.3) is 0 Å². The van der Waals surface area contributed by atoms with Gasteiger partial charge in [0.15, 0.2) is 0 Å². The van der Waals surface area contributed by atoms with Crippen LogP contribution in [0.15, 0.2) is 47.8 Å². The number of hydrogen-bond acceptors (Lipinski definition) is 2. The van der Waals surface area contributed by atoms with Crippen molar-refractivity contribution in [3.8, 4) is 11.1 Å². The average Bonchev–Trinajstić information content (AvgIpc) is 2.86. The first-order valence-corrected chi connectivity index (χ1v) is 6.92. The fourth-order valence-electron chi connectivity index (χ4n) is 2.09. The van der Waals surface area contributed by atoms with Crippen molar-refractivity contribution < 1.29 is 9.90 Å². The Morgan fingerprint density at radius 1 is 1.11 bits per heavy atom. The summed E-state index contributed by atoms with van der Waals surface area (Å²) in [6, 6.07) is 12.8. The highest BCUT2D eigenvalue weighted by molar-refractivity contribution is 7.17. The van der Waals surface area contributed by atoms with Crippen molar-refractivity contribution in [2.45, 2.75) is 0 Å². The Bertz CT molecular complexity index is 777. The number of carboxylic acid groups (broad SMARTS) is 1. The predicted octanol–water partition coefficient (Wildman–Crippen LogP) is 4.92. The lowest BCUT2D eigenvalue weighted by Crippen LogP contribution is -1.96. The summed E-state index contributed by atoms with van der Waals surface area (Å²) >= 11 is 7.80. The van der Waals surface area contributed by atoms with Gasteiger partial charge in [-0.05, 0) is 35.0 Å². The number of benzene rings is 2. The SMILES string of the molecule is O=C(O)c1cc(-c2ccccc2Cl)c2sccc2c1. The maximum atomic E-state index is 11.2. The van der Waals surface area contributed by atoms with Gasteiger partial charge in [0.1, 0.15) is 0 Å². The molecule has 94 valence electrons. The molecule has 2 aromatic carbocycles. The van der Waals surface area contributed by atoms with Crippen molar-refractivity contribution in [1.29, 1.82) is 0 Å². The molecular formula is C15H9ClO2S. The first-order valence-electron chi connectivity index (χ1n) is 5.66. The Hall–Kier alpha value is -1.84. The second kappa shape index (κ2) is 4.68. The highest BCUT2D eigenvalue weighted by atomic mass is 35.5. The molecule has 0 fully saturated rings. The fourth-order valence-corrected chi connectivity index (χ4v) is 3.23. The van der Waals surface area contributed by atoms with Crippen LogP contribution in [-0.4, -0.2) is 11.1 Å². The van der Waals surface area contributed by atoms with Gasteiger partial charge in [0.05, 0.1) is 5.56 Å². The number of fused-ring (bicyclic) bond motifs is 1. The molecule has 1 N–H and O–H groups in total. The van der Waals surface area contributed by atoms with Crippen LogP contribution in [0, 0.1) is 0 Å². The van der Waals surface area contributed by atoms with Crippen LogP contribution in [0.5, 0.6) is 0 Å². The largest absolute Gasteiger partial charge is 0.478 e. The van der Waals surface area contributed by atoms with Gasteiger partial charge in [-0.15, -0.1) is 11.3 Å². The average molecular weight is 289 g/mol. The van der Waals surface area contributed by atoms with Gasteiger partial charge in [0, 0.05) is 20.8 Å². The lowest BCUT2D eigenvalue weighted by atomic mass is 10.0. The minimum atomic E-state index is -0.929. The van der Waals surface area contributed by atoms with Gasteiger partial charge in [-0.1, -0.05) is 29.8 Å². The molecule has 1 aromatic heterocycles. The number of hydrogen-bond donors (Lipinski definition) is 1. The summed E-state index contributed by atoms with van der Waals surface area (Å²) in [5.74, 6) is -0.929. The Labute approximate surface area is 118 Å². The molecule has 3 aromatic rings. The molecule has 0 bridgehead atoms. The van der Waals surface area contributed by atoms with Crippen LogP contribution in [0.1, 0.15) is 10.4 Å². The van der Waals surface area contributed by atoms with E-state index in [1.54, 1.807) is 23.5 Å². The van der Waals surface area contributed by atoms with E-state index >= 15 is 0 Å². The first-order chi connectivity index (χ1) is 9.16. The number of carbonyl (C=O) groups is 1. The lowest BCUT2D eigenvalue weighted by molar-refractivity contribution is 0.0697. The van der Waals surface area contributed by atoms with E-state index in [9.17, 15) is 9.90 Å². The molecule has 0 atom stereocenters. The second-order valence-corrected chi connectivity index (χ2v) is 5.47. The summed E-state index contributed by atoms with van der Waals surface area (Å²) in [7, 11) is 0. The predicted molar refractivity (Wildman–Crippen MR) is 79.2 cm³/mol. The molecule has 2 nitrogen and oxygen atoms in total. The molecular weight excluding hydrogens is 280 g/mol. The van der Waals surface area contributed by atoms with E-state index in [0.717, 1.165) is 21.2 Å². The van der Waals surface area contributed by atoms with Crippen molar-refractivity contribution >= 4 is 39.0 Å². The maximum Gasteiger partial charge on any atom is 0.335 e. The molecule has 19 heavy (non-hydrogen) atoms. The molecule has 1 heterocycles. The molecule has 0 saturated heterocycles. The number of halogens is 1. The van der Waals surface area contributed by atoms with Crippen molar-refractivity contribution in [2.24, 2.45) is 0 Å². The van der Waals surface area contributed by atoms with Crippen molar-refractivity contribution in [3.63, 3.8) is 0 Å². The molecule has 0 aliphatic carbocycles. The third-order valence-electron chi connectivity index (χ3n) is 2.96. The van der Waals surface area contributed by atoms with Gasteiger partial charge in [0.2, 0.25) is 0 Å². The van der Waals surface area contributed by atoms with Gasteiger partial charge < -0.3 is 5.11 Å². The minimum Gasteiger partial charge on any atom is -0.478 e. The smallest absolute Gasteiger partial charge is 0.335 e. The second-order valence-electron chi connectivity index (χ2n) is 4.15. The number of thiophene rings is 1. The summed E-state index contributed by atoms with van der Waals surface area (Å²) in [5, 5.41) is 12.7. The summed E-state index contributed by atoms with van der Waals surface area (Å²) in [6.07, 6.45) is 0. The zero-order valence-corrected chi connectivity index (χ0v) is 11.3.